The van der Waals surface area contributed by atoms with Gasteiger partial charge in [0.2, 0.25) is 5.91 Å². The van der Waals surface area contributed by atoms with E-state index in [1.54, 1.807) is 12.1 Å². The Morgan fingerprint density at radius 1 is 0.977 bits per heavy atom. The van der Waals surface area contributed by atoms with Gasteiger partial charge in [0.05, 0.1) is 0 Å². The first-order valence-electron chi connectivity index (χ1n) is 14.5. The Balaban J connectivity index is 0.00000253. The van der Waals surface area contributed by atoms with Gasteiger partial charge in [-0.3, -0.25) is 9.69 Å². The number of amides is 1. The third-order valence-electron chi connectivity index (χ3n) is 8.56. The summed E-state index contributed by atoms with van der Waals surface area (Å²) in [7, 11) is 0. The molecule has 234 valence electrons. The number of rotatable bonds is 8. The number of anilines is 1. The van der Waals surface area contributed by atoms with Crippen LogP contribution in [0.4, 0.5) is 18.9 Å². The molecule has 2 unspecified atom stereocenters. The Morgan fingerprint density at radius 3 is 2.35 bits per heavy atom. The first-order chi connectivity index (χ1) is 19.8. The molecule has 3 aromatic carbocycles. The van der Waals surface area contributed by atoms with Crippen molar-refractivity contribution in [2.75, 3.05) is 31.5 Å². The molecular weight excluding hydrogens is 598 g/mol. The SMILES string of the molecule is Cc1ccc(NC(=O)C(C)C2CCCNC2)cc1C1CCN(Cc2ccc(Oc3cc(F)c(F)cc3F)cc2)CC1.Cl.Cl. The number of aryl methyl sites for hydroxylation is 1. The molecule has 2 N–H and O–H groups in total. The topological polar surface area (TPSA) is 53.6 Å². The predicted molar refractivity (Wildman–Crippen MR) is 169 cm³/mol. The van der Waals surface area contributed by atoms with Gasteiger partial charge in [-0.05, 0) is 112 Å². The average Bonchev–Trinajstić information content (AvgIpc) is 2.98. The Hall–Kier alpha value is -2.78. The molecule has 0 aromatic heterocycles. The standard InChI is InChI=1S/C33H38F3N3O2.2ClH/c1-21-5-8-26(38-33(40)22(2)25-4-3-13-37-19-25)16-28(21)24-11-14-39(15-12-24)20-23-6-9-27(10-7-23)41-32-18-30(35)29(34)17-31(32)36;;/h5-10,16-18,22,24-25,37H,3-4,11-15,19-20H2,1-2H3,(H,38,40);2*1H. The number of carbonyl (C=O) groups excluding carboxylic acids is 1. The van der Waals surface area contributed by atoms with E-state index in [1.165, 1.54) is 11.1 Å². The number of ether oxygens (including phenoxy) is 1. The van der Waals surface area contributed by atoms with Crippen LogP contribution in [0.5, 0.6) is 11.5 Å². The Morgan fingerprint density at radius 2 is 1.67 bits per heavy atom. The monoisotopic (exact) mass is 637 g/mol. The minimum atomic E-state index is -1.25. The van der Waals surface area contributed by atoms with Crippen LogP contribution < -0.4 is 15.4 Å². The lowest BCUT2D eigenvalue weighted by Crippen LogP contribution is -2.37. The zero-order valence-corrected chi connectivity index (χ0v) is 26.1. The van der Waals surface area contributed by atoms with Crippen molar-refractivity contribution in [3.05, 3.63) is 88.7 Å². The lowest BCUT2D eigenvalue weighted by Gasteiger charge is -2.33. The number of hydrogen-bond acceptors (Lipinski definition) is 4. The van der Waals surface area contributed by atoms with E-state index in [1.807, 2.05) is 25.1 Å². The number of piperidine rings is 2. The zero-order valence-electron chi connectivity index (χ0n) is 24.5. The van der Waals surface area contributed by atoms with Gasteiger partial charge in [0.25, 0.3) is 0 Å². The summed E-state index contributed by atoms with van der Waals surface area (Å²) in [5.41, 5.74) is 4.52. The molecule has 0 spiro atoms. The minimum Gasteiger partial charge on any atom is -0.454 e. The molecule has 2 aliphatic heterocycles. The maximum absolute atomic E-state index is 13.9. The number of nitrogens with one attached hydrogen (secondary N) is 2. The quantitative estimate of drug-likeness (QED) is 0.246. The summed E-state index contributed by atoms with van der Waals surface area (Å²) in [5, 5.41) is 6.58. The predicted octanol–water partition coefficient (Wildman–Crippen LogP) is 8.00. The van der Waals surface area contributed by atoms with Crippen molar-refractivity contribution in [2.45, 2.75) is 52.0 Å². The van der Waals surface area contributed by atoms with Crippen molar-refractivity contribution in [2.24, 2.45) is 11.8 Å². The van der Waals surface area contributed by atoms with Crippen LogP contribution in [0.25, 0.3) is 0 Å². The third kappa shape index (κ3) is 8.88. The summed E-state index contributed by atoms with van der Waals surface area (Å²) in [6.07, 6.45) is 4.27. The molecule has 10 heteroatoms. The summed E-state index contributed by atoms with van der Waals surface area (Å²) in [4.78, 5) is 15.4. The maximum Gasteiger partial charge on any atom is 0.227 e. The fourth-order valence-electron chi connectivity index (χ4n) is 5.97. The van der Waals surface area contributed by atoms with Crippen molar-refractivity contribution < 1.29 is 22.7 Å². The molecule has 0 aliphatic carbocycles. The van der Waals surface area contributed by atoms with E-state index in [0.717, 1.165) is 69.7 Å². The highest BCUT2D eigenvalue weighted by Gasteiger charge is 2.26. The van der Waals surface area contributed by atoms with Crippen LogP contribution in [0, 0.1) is 36.2 Å². The number of likely N-dealkylation sites (tertiary alicyclic amines) is 1. The van der Waals surface area contributed by atoms with E-state index in [0.29, 0.717) is 29.7 Å². The fourth-order valence-corrected chi connectivity index (χ4v) is 5.97. The second kappa shape index (κ2) is 15.8. The highest BCUT2D eigenvalue weighted by atomic mass is 35.5. The van der Waals surface area contributed by atoms with E-state index >= 15 is 0 Å². The number of carbonyl (C=O) groups is 1. The number of halogens is 5. The van der Waals surface area contributed by atoms with Gasteiger partial charge in [0.1, 0.15) is 5.75 Å². The molecule has 0 bridgehead atoms. The van der Waals surface area contributed by atoms with Crippen LogP contribution in [0.2, 0.25) is 0 Å². The molecule has 0 radical (unpaired) electrons. The van der Waals surface area contributed by atoms with Crippen molar-refractivity contribution in [3.8, 4) is 11.5 Å². The molecule has 2 heterocycles. The van der Waals surface area contributed by atoms with Gasteiger partial charge in [0.15, 0.2) is 23.2 Å². The number of benzene rings is 3. The first kappa shape index (κ1) is 34.7. The normalized spacial score (nSPS) is 18.2. The Kier molecular flexibility index (Phi) is 12.8. The molecule has 2 aliphatic rings. The maximum atomic E-state index is 13.9. The summed E-state index contributed by atoms with van der Waals surface area (Å²) < 4.78 is 46.0. The van der Waals surface area contributed by atoms with E-state index in [-0.39, 0.29) is 42.4 Å². The van der Waals surface area contributed by atoms with Crippen LogP contribution in [-0.2, 0) is 11.3 Å². The van der Waals surface area contributed by atoms with Gasteiger partial charge < -0.3 is 15.4 Å². The third-order valence-corrected chi connectivity index (χ3v) is 8.56. The molecule has 2 fully saturated rings. The second-order valence-corrected chi connectivity index (χ2v) is 11.4. The molecule has 2 atom stereocenters. The van der Waals surface area contributed by atoms with Gasteiger partial charge in [-0.2, -0.15) is 0 Å². The Bertz CT molecular complexity index is 1360. The second-order valence-electron chi connectivity index (χ2n) is 11.4. The smallest absolute Gasteiger partial charge is 0.227 e. The minimum absolute atomic E-state index is 0. The van der Waals surface area contributed by atoms with Crippen LogP contribution in [0.3, 0.4) is 0 Å². The van der Waals surface area contributed by atoms with Crippen molar-refractivity contribution in [1.82, 2.24) is 10.2 Å². The van der Waals surface area contributed by atoms with Crippen LogP contribution in [-0.4, -0.2) is 37.0 Å². The van der Waals surface area contributed by atoms with Crippen molar-refractivity contribution in [3.63, 3.8) is 0 Å². The molecule has 0 saturated carbocycles. The van der Waals surface area contributed by atoms with E-state index in [4.69, 9.17) is 4.74 Å². The molecule has 3 aromatic rings. The van der Waals surface area contributed by atoms with Gasteiger partial charge >= 0.3 is 0 Å². The van der Waals surface area contributed by atoms with E-state index < -0.39 is 17.5 Å². The molecule has 5 rings (SSSR count). The van der Waals surface area contributed by atoms with Crippen LogP contribution >= 0.6 is 24.8 Å². The van der Waals surface area contributed by atoms with Crippen LogP contribution in [0.15, 0.2) is 54.6 Å². The molecule has 1 amide bonds. The highest BCUT2D eigenvalue weighted by Crippen LogP contribution is 2.33. The lowest BCUT2D eigenvalue weighted by molar-refractivity contribution is -0.121. The molecular formula is C33H40Cl2F3N3O2. The summed E-state index contributed by atoms with van der Waals surface area (Å²) in [6, 6.07) is 14.7. The summed E-state index contributed by atoms with van der Waals surface area (Å²) in [6.45, 7) is 8.79. The highest BCUT2D eigenvalue weighted by molar-refractivity contribution is 5.92. The molecule has 43 heavy (non-hydrogen) atoms. The van der Waals surface area contributed by atoms with Gasteiger partial charge in [-0.25, -0.2) is 13.2 Å². The largest absolute Gasteiger partial charge is 0.454 e. The van der Waals surface area contributed by atoms with Crippen molar-refractivity contribution in [1.29, 1.82) is 0 Å². The number of nitrogens with zero attached hydrogens (tertiary/aromatic N) is 1. The summed E-state index contributed by atoms with van der Waals surface area (Å²) >= 11 is 0. The van der Waals surface area contributed by atoms with Gasteiger partial charge in [-0.1, -0.05) is 25.1 Å². The van der Waals surface area contributed by atoms with Crippen molar-refractivity contribution >= 4 is 36.4 Å². The van der Waals surface area contributed by atoms with Gasteiger partial charge in [0, 0.05) is 30.3 Å². The summed E-state index contributed by atoms with van der Waals surface area (Å²) in [5.74, 6) is -2.48. The van der Waals surface area contributed by atoms with E-state index in [9.17, 15) is 18.0 Å². The Labute approximate surface area is 264 Å². The van der Waals surface area contributed by atoms with Gasteiger partial charge in [-0.15, -0.1) is 24.8 Å². The lowest BCUT2D eigenvalue weighted by atomic mass is 9.85. The number of hydrogen-bond donors (Lipinski definition) is 2. The molecule has 5 nitrogen and oxygen atoms in total. The van der Waals surface area contributed by atoms with Crippen LogP contribution in [0.1, 0.15) is 55.2 Å². The fraction of sp³-hybridized carbons (Fsp3) is 0.424. The van der Waals surface area contributed by atoms with E-state index in [2.05, 4.69) is 34.6 Å². The zero-order chi connectivity index (χ0) is 28.9. The molecule has 2 saturated heterocycles. The average molecular weight is 639 g/mol. The first-order valence-corrected chi connectivity index (χ1v) is 14.5.